The van der Waals surface area contributed by atoms with E-state index < -0.39 is 0 Å². The van der Waals surface area contributed by atoms with E-state index in [9.17, 15) is 0 Å². The van der Waals surface area contributed by atoms with Crippen molar-refractivity contribution in [1.29, 1.82) is 0 Å². The highest BCUT2D eigenvalue weighted by molar-refractivity contribution is 6.09. The molecule has 0 aliphatic rings. The van der Waals surface area contributed by atoms with E-state index in [-0.39, 0.29) is 0 Å². The number of nitrogens with two attached hydrogens (primary N) is 1. The van der Waals surface area contributed by atoms with Crippen molar-refractivity contribution in [2.24, 2.45) is 0 Å². The molecule has 0 saturated heterocycles. The van der Waals surface area contributed by atoms with Crippen LogP contribution in [0.3, 0.4) is 0 Å². The van der Waals surface area contributed by atoms with E-state index in [1.807, 2.05) is 60.7 Å². The van der Waals surface area contributed by atoms with Crippen LogP contribution < -0.4 is 11.1 Å². The van der Waals surface area contributed by atoms with Crippen LogP contribution in [0, 0.1) is 0 Å². The Kier molecular flexibility index (Phi) is 3.50. The largest absolute Gasteiger partial charge is 0.455 e. The van der Waals surface area contributed by atoms with E-state index in [0.29, 0.717) is 11.5 Å². The molecule has 27 heavy (non-hydrogen) atoms. The molecule has 3 N–H and O–H groups in total. The van der Waals surface area contributed by atoms with E-state index in [1.54, 1.807) is 6.33 Å². The maximum Gasteiger partial charge on any atom is 0.144 e. The molecule has 0 amide bonds. The lowest BCUT2D eigenvalue weighted by molar-refractivity contribution is 0.670. The molecule has 5 heteroatoms. The quantitative estimate of drug-likeness (QED) is 0.427. The molecule has 2 aromatic heterocycles. The molecule has 0 bridgehead atoms. The van der Waals surface area contributed by atoms with Gasteiger partial charge in [-0.15, -0.1) is 0 Å². The number of hydrogen-bond acceptors (Lipinski definition) is 5. The molecule has 3 aromatic carbocycles. The van der Waals surface area contributed by atoms with Crippen LogP contribution in [0.25, 0.3) is 33.2 Å². The van der Waals surface area contributed by atoms with E-state index in [1.165, 1.54) is 0 Å². The number of hydrogen-bond donors (Lipinski definition) is 2. The van der Waals surface area contributed by atoms with E-state index >= 15 is 0 Å². The number of anilines is 3. The molecule has 0 aliphatic heterocycles. The van der Waals surface area contributed by atoms with Crippen LogP contribution in [0.4, 0.5) is 17.2 Å². The maximum atomic E-state index is 6.11. The van der Waals surface area contributed by atoms with Crippen molar-refractivity contribution in [3.05, 3.63) is 79.1 Å². The summed E-state index contributed by atoms with van der Waals surface area (Å²) >= 11 is 0. The SMILES string of the molecule is Nc1cccc(Nc2cc(-c3cccc4c3oc3ccccc34)ncn2)c1. The number of furan rings is 1. The first-order valence-corrected chi connectivity index (χ1v) is 8.63. The molecule has 5 aromatic rings. The molecular weight excluding hydrogens is 336 g/mol. The Balaban J connectivity index is 1.61. The molecule has 2 heterocycles. The summed E-state index contributed by atoms with van der Waals surface area (Å²) in [6.07, 6.45) is 1.55. The average Bonchev–Trinajstić information content (AvgIpc) is 3.07. The summed E-state index contributed by atoms with van der Waals surface area (Å²) in [5.41, 5.74) is 10.8. The van der Waals surface area contributed by atoms with Crippen molar-refractivity contribution < 1.29 is 4.42 Å². The van der Waals surface area contributed by atoms with Gasteiger partial charge in [-0.3, -0.25) is 0 Å². The monoisotopic (exact) mass is 352 g/mol. The number of aromatic nitrogens is 2. The maximum absolute atomic E-state index is 6.11. The Bertz CT molecular complexity index is 1280. The minimum absolute atomic E-state index is 0.693. The molecule has 0 saturated carbocycles. The van der Waals surface area contributed by atoms with Gasteiger partial charge in [0.05, 0.1) is 5.69 Å². The molecule has 5 rings (SSSR count). The Morgan fingerprint density at radius 2 is 1.67 bits per heavy atom. The van der Waals surface area contributed by atoms with Gasteiger partial charge in [0.2, 0.25) is 0 Å². The zero-order chi connectivity index (χ0) is 18.2. The fraction of sp³-hybridized carbons (Fsp3) is 0. The third kappa shape index (κ3) is 2.75. The molecule has 0 fully saturated rings. The second kappa shape index (κ2) is 6.14. The molecule has 130 valence electrons. The number of nitrogen functional groups attached to an aromatic ring is 1. The van der Waals surface area contributed by atoms with Gasteiger partial charge in [0.1, 0.15) is 23.3 Å². The van der Waals surface area contributed by atoms with Gasteiger partial charge in [0, 0.05) is 33.8 Å². The van der Waals surface area contributed by atoms with Crippen LogP contribution in [-0.2, 0) is 0 Å². The lowest BCUT2D eigenvalue weighted by Crippen LogP contribution is -1.96. The Morgan fingerprint density at radius 1 is 0.815 bits per heavy atom. The molecular formula is C22H16N4O. The average molecular weight is 352 g/mol. The van der Waals surface area contributed by atoms with Crippen molar-refractivity contribution in [3.63, 3.8) is 0 Å². The normalized spacial score (nSPS) is 11.1. The Morgan fingerprint density at radius 3 is 2.59 bits per heavy atom. The highest BCUT2D eigenvalue weighted by atomic mass is 16.3. The number of fused-ring (bicyclic) bond motifs is 3. The van der Waals surface area contributed by atoms with Crippen LogP contribution in [-0.4, -0.2) is 9.97 Å². The molecule has 0 spiro atoms. The predicted molar refractivity (Wildman–Crippen MR) is 109 cm³/mol. The van der Waals surface area contributed by atoms with Gasteiger partial charge in [0.15, 0.2) is 0 Å². The summed E-state index contributed by atoms with van der Waals surface area (Å²) in [6.45, 7) is 0. The smallest absolute Gasteiger partial charge is 0.144 e. The molecule has 0 radical (unpaired) electrons. The third-order valence-electron chi connectivity index (χ3n) is 4.51. The van der Waals surface area contributed by atoms with Crippen molar-refractivity contribution in [2.75, 3.05) is 11.1 Å². The van der Waals surface area contributed by atoms with E-state index in [0.717, 1.165) is 38.9 Å². The minimum Gasteiger partial charge on any atom is -0.455 e. The third-order valence-corrected chi connectivity index (χ3v) is 4.51. The van der Waals surface area contributed by atoms with E-state index in [4.69, 9.17) is 10.2 Å². The van der Waals surface area contributed by atoms with E-state index in [2.05, 4.69) is 27.4 Å². The van der Waals surface area contributed by atoms with Crippen molar-refractivity contribution >= 4 is 39.1 Å². The topological polar surface area (TPSA) is 77.0 Å². The standard InChI is InChI=1S/C22H16N4O/c23-14-5-3-6-15(11-14)26-21-12-19(24-13-25-21)18-9-4-8-17-16-7-1-2-10-20(16)27-22(17)18/h1-13H,23H2,(H,24,25,26). The van der Waals surface area contributed by atoms with Gasteiger partial charge < -0.3 is 15.5 Å². The first kappa shape index (κ1) is 15.4. The van der Waals surface area contributed by atoms with Gasteiger partial charge in [0.25, 0.3) is 0 Å². The highest BCUT2D eigenvalue weighted by Crippen LogP contribution is 2.35. The van der Waals surface area contributed by atoms with Crippen LogP contribution >= 0.6 is 0 Å². The summed E-state index contributed by atoms with van der Waals surface area (Å²) in [5, 5.41) is 5.44. The van der Waals surface area contributed by atoms with Gasteiger partial charge in [-0.1, -0.05) is 36.4 Å². The first-order chi connectivity index (χ1) is 13.3. The summed E-state index contributed by atoms with van der Waals surface area (Å²) < 4.78 is 6.11. The van der Waals surface area contributed by atoms with Crippen molar-refractivity contribution in [3.8, 4) is 11.3 Å². The molecule has 0 atom stereocenters. The second-order valence-electron chi connectivity index (χ2n) is 6.32. The lowest BCUT2D eigenvalue weighted by Gasteiger charge is -2.08. The van der Waals surface area contributed by atoms with Gasteiger partial charge in [-0.25, -0.2) is 9.97 Å². The number of nitrogens with zero attached hydrogens (tertiary/aromatic N) is 2. The Labute approximate surface area is 155 Å². The van der Waals surface area contributed by atoms with Crippen molar-refractivity contribution in [1.82, 2.24) is 9.97 Å². The van der Waals surface area contributed by atoms with Crippen LogP contribution in [0.15, 0.2) is 83.5 Å². The summed E-state index contributed by atoms with van der Waals surface area (Å²) in [6, 6.07) is 23.6. The zero-order valence-corrected chi connectivity index (χ0v) is 14.4. The van der Waals surface area contributed by atoms with Crippen molar-refractivity contribution in [2.45, 2.75) is 0 Å². The summed E-state index contributed by atoms with van der Waals surface area (Å²) in [4.78, 5) is 8.77. The number of rotatable bonds is 3. The zero-order valence-electron chi connectivity index (χ0n) is 14.4. The highest BCUT2D eigenvalue weighted by Gasteiger charge is 2.13. The van der Waals surface area contributed by atoms with Gasteiger partial charge >= 0.3 is 0 Å². The van der Waals surface area contributed by atoms with Gasteiger partial charge in [-0.2, -0.15) is 0 Å². The van der Waals surface area contributed by atoms with Crippen LogP contribution in [0.5, 0.6) is 0 Å². The molecule has 5 nitrogen and oxygen atoms in total. The molecule has 0 unspecified atom stereocenters. The lowest BCUT2D eigenvalue weighted by atomic mass is 10.1. The second-order valence-corrected chi connectivity index (χ2v) is 6.32. The van der Waals surface area contributed by atoms with Crippen LogP contribution in [0.1, 0.15) is 0 Å². The summed E-state index contributed by atoms with van der Waals surface area (Å²) in [5.74, 6) is 0.693. The molecule has 0 aliphatic carbocycles. The minimum atomic E-state index is 0.693. The fourth-order valence-corrected chi connectivity index (χ4v) is 3.29. The van der Waals surface area contributed by atoms with Crippen LogP contribution in [0.2, 0.25) is 0 Å². The summed E-state index contributed by atoms with van der Waals surface area (Å²) in [7, 11) is 0. The van der Waals surface area contributed by atoms with Gasteiger partial charge in [-0.05, 0) is 30.3 Å². The predicted octanol–water partition coefficient (Wildman–Crippen LogP) is 5.37. The number of benzene rings is 3. The number of para-hydroxylation sites is 2. The number of nitrogens with one attached hydrogen (secondary N) is 1. The Hall–Kier alpha value is -3.86. The fourth-order valence-electron chi connectivity index (χ4n) is 3.29. The first-order valence-electron chi connectivity index (χ1n) is 8.63.